The molecule has 3 aromatic rings. The number of benzene rings is 2. The highest BCUT2D eigenvalue weighted by molar-refractivity contribution is 9.10. The van der Waals surface area contributed by atoms with Crippen LogP contribution in [-0.4, -0.2) is 21.0 Å². The Balaban J connectivity index is 1.59. The standard InChI is InChI=1S/C22H15BrN2O5S/c1-13-6-8-16(18(10-13)25(28)29)19-9-7-15(30-19)11-20-21(26)24(22(27)31-20)12-14-4-2-3-5-17(14)23/h2-11H,12H2,1H3/b20-11-. The van der Waals surface area contributed by atoms with Crippen LogP contribution >= 0.6 is 27.7 Å². The number of carbonyl (C=O) groups excluding carboxylic acids is 2. The predicted molar refractivity (Wildman–Crippen MR) is 121 cm³/mol. The first-order valence-corrected chi connectivity index (χ1v) is 10.8. The average molecular weight is 499 g/mol. The van der Waals surface area contributed by atoms with Crippen LogP contribution < -0.4 is 0 Å². The number of halogens is 1. The summed E-state index contributed by atoms with van der Waals surface area (Å²) in [5, 5.41) is 11.0. The highest BCUT2D eigenvalue weighted by atomic mass is 79.9. The minimum Gasteiger partial charge on any atom is -0.456 e. The second kappa shape index (κ2) is 8.52. The van der Waals surface area contributed by atoms with Crippen LogP contribution in [0.2, 0.25) is 0 Å². The van der Waals surface area contributed by atoms with Crippen LogP contribution in [0.15, 0.2) is 68.4 Å². The van der Waals surface area contributed by atoms with Crippen LogP contribution in [0.5, 0.6) is 0 Å². The molecular formula is C22H15BrN2O5S. The number of hydrogen-bond acceptors (Lipinski definition) is 6. The number of nitro benzene ring substituents is 1. The van der Waals surface area contributed by atoms with Crippen molar-refractivity contribution >= 4 is 50.6 Å². The smallest absolute Gasteiger partial charge is 0.293 e. The summed E-state index contributed by atoms with van der Waals surface area (Å²) in [6.07, 6.45) is 1.48. The van der Waals surface area contributed by atoms with Gasteiger partial charge in [-0.25, -0.2) is 0 Å². The Labute approximate surface area is 190 Å². The number of furan rings is 1. The molecule has 0 N–H and O–H groups in total. The van der Waals surface area contributed by atoms with Gasteiger partial charge in [0.15, 0.2) is 0 Å². The molecule has 1 saturated heterocycles. The van der Waals surface area contributed by atoms with E-state index in [0.717, 1.165) is 27.4 Å². The lowest BCUT2D eigenvalue weighted by atomic mass is 10.1. The van der Waals surface area contributed by atoms with Gasteiger partial charge in [0.1, 0.15) is 11.5 Å². The van der Waals surface area contributed by atoms with Gasteiger partial charge in [0.25, 0.3) is 16.8 Å². The van der Waals surface area contributed by atoms with Crippen molar-refractivity contribution in [2.45, 2.75) is 13.5 Å². The lowest BCUT2D eigenvalue weighted by molar-refractivity contribution is -0.384. The van der Waals surface area contributed by atoms with E-state index in [0.29, 0.717) is 17.1 Å². The van der Waals surface area contributed by atoms with E-state index < -0.39 is 10.8 Å². The van der Waals surface area contributed by atoms with Crippen molar-refractivity contribution in [2.75, 3.05) is 0 Å². The minimum atomic E-state index is -0.461. The van der Waals surface area contributed by atoms with E-state index >= 15 is 0 Å². The van der Waals surface area contributed by atoms with Crippen LogP contribution in [0.3, 0.4) is 0 Å². The molecule has 31 heavy (non-hydrogen) atoms. The summed E-state index contributed by atoms with van der Waals surface area (Å²) in [7, 11) is 0. The van der Waals surface area contributed by atoms with Gasteiger partial charge in [-0.1, -0.05) is 40.2 Å². The van der Waals surface area contributed by atoms with Crippen LogP contribution in [0.4, 0.5) is 10.5 Å². The summed E-state index contributed by atoms with van der Waals surface area (Å²) in [6, 6.07) is 15.5. The second-order valence-electron chi connectivity index (χ2n) is 6.84. The molecule has 2 aromatic carbocycles. The first kappa shape index (κ1) is 21.1. The topological polar surface area (TPSA) is 93.7 Å². The summed E-state index contributed by atoms with van der Waals surface area (Å²) in [4.78, 5) is 37.5. The molecule has 0 saturated carbocycles. The Kier molecular flexibility index (Phi) is 5.79. The molecule has 2 heterocycles. The molecule has 0 unspecified atom stereocenters. The average Bonchev–Trinajstić information content (AvgIpc) is 3.29. The Morgan fingerprint density at radius 1 is 1.16 bits per heavy atom. The van der Waals surface area contributed by atoms with Gasteiger partial charge >= 0.3 is 0 Å². The fourth-order valence-corrected chi connectivity index (χ4v) is 4.37. The van der Waals surface area contributed by atoms with Gasteiger partial charge in [-0.15, -0.1) is 0 Å². The third kappa shape index (κ3) is 4.33. The number of imide groups is 1. The number of rotatable bonds is 5. The maximum Gasteiger partial charge on any atom is 0.293 e. The fourth-order valence-electron chi connectivity index (χ4n) is 3.14. The van der Waals surface area contributed by atoms with Crippen molar-refractivity contribution in [3.63, 3.8) is 0 Å². The van der Waals surface area contributed by atoms with E-state index in [1.54, 1.807) is 31.2 Å². The molecule has 4 rings (SSSR count). The summed E-state index contributed by atoms with van der Waals surface area (Å²) in [5.74, 6) is 0.228. The van der Waals surface area contributed by atoms with E-state index in [9.17, 15) is 19.7 Å². The number of nitro groups is 1. The molecule has 0 radical (unpaired) electrons. The number of thioether (sulfide) groups is 1. The van der Waals surface area contributed by atoms with Crippen molar-refractivity contribution in [3.05, 3.63) is 91.0 Å². The zero-order valence-corrected chi connectivity index (χ0v) is 18.6. The highest BCUT2D eigenvalue weighted by Crippen LogP contribution is 2.36. The minimum absolute atomic E-state index is 0.0605. The summed E-state index contributed by atoms with van der Waals surface area (Å²) >= 11 is 4.26. The van der Waals surface area contributed by atoms with Crippen molar-refractivity contribution < 1.29 is 18.9 Å². The molecule has 0 aliphatic carbocycles. The van der Waals surface area contributed by atoms with Gasteiger partial charge < -0.3 is 4.42 Å². The monoisotopic (exact) mass is 498 g/mol. The number of hydrogen-bond donors (Lipinski definition) is 0. The molecular weight excluding hydrogens is 484 g/mol. The van der Waals surface area contributed by atoms with Gasteiger partial charge in [0.05, 0.1) is 21.9 Å². The largest absolute Gasteiger partial charge is 0.456 e. The van der Waals surface area contributed by atoms with E-state index in [2.05, 4.69) is 15.9 Å². The molecule has 1 fully saturated rings. The molecule has 1 aliphatic rings. The van der Waals surface area contributed by atoms with Gasteiger partial charge in [-0.2, -0.15) is 0 Å². The van der Waals surface area contributed by atoms with Gasteiger partial charge in [0.2, 0.25) is 0 Å². The first-order valence-electron chi connectivity index (χ1n) is 9.17. The van der Waals surface area contributed by atoms with Gasteiger partial charge in [-0.05, 0) is 54.1 Å². The van der Waals surface area contributed by atoms with Crippen LogP contribution in [0, 0.1) is 17.0 Å². The predicted octanol–water partition coefficient (Wildman–Crippen LogP) is 6.16. The summed E-state index contributed by atoms with van der Waals surface area (Å²) < 4.78 is 6.55. The van der Waals surface area contributed by atoms with E-state index in [-0.39, 0.29) is 22.4 Å². The maximum atomic E-state index is 12.8. The third-order valence-electron chi connectivity index (χ3n) is 4.68. The molecule has 0 atom stereocenters. The normalized spacial score (nSPS) is 15.2. The number of carbonyl (C=O) groups is 2. The highest BCUT2D eigenvalue weighted by Gasteiger charge is 2.35. The molecule has 9 heteroatoms. The molecule has 0 bridgehead atoms. The Morgan fingerprint density at radius 3 is 2.68 bits per heavy atom. The Bertz CT molecular complexity index is 1250. The summed E-state index contributed by atoms with van der Waals surface area (Å²) in [5.41, 5.74) is 1.87. The van der Waals surface area contributed by atoms with Crippen molar-refractivity contribution in [1.29, 1.82) is 0 Å². The zero-order valence-electron chi connectivity index (χ0n) is 16.2. The lowest BCUT2D eigenvalue weighted by Crippen LogP contribution is -2.27. The Hall–Kier alpha value is -3.17. The molecule has 7 nitrogen and oxygen atoms in total. The summed E-state index contributed by atoms with van der Waals surface area (Å²) in [6.45, 7) is 1.93. The quantitative estimate of drug-likeness (QED) is 0.237. The number of amides is 2. The zero-order chi connectivity index (χ0) is 22.1. The van der Waals surface area contributed by atoms with Crippen molar-refractivity contribution in [3.8, 4) is 11.3 Å². The molecule has 2 amide bonds. The molecule has 1 aliphatic heterocycles. The molecule has 0 spiro atoms. The SMILES string of the molecule is Cc1ccc(-c2ccc(/C=C3\SC(=O)N(Cc4ccccc4Br)C3=O)o2)c([N+](=O)[O-])c1. The van der Waals surface area contributed by atoms with Crippen molar-refractivity contribution in [2.24, 2.45) is 0 Å². The van der Waals surface area contributed by atoms with Crippen molar-refractivity contribution in [1.82, 2.24) is 4.90 Å². The first-order chi connectivity index (χ1) is 14.8. The van der Waals surface area contributed by atoms with E-state index in [1.807, 2.05) is 24.3 Å². The third-order valence-corrected chi connectivity index (χ3v) is 6.36. The van der Waals surface area contributed by atoms with Crippen LogP contribution in [-0.2, 0) is 11.3 Å². The Morgan fingerprint density at radius 2 is 1.94 bits per heavy atom. The van der Waals surface area contributed by atoms with Gasteiger partial charge in [-0.3, -0.25) is 24.6 Å². The van der Waals surface area contributed by atoms with Crippen LogP contribution in [0.25, 0.3) is 17.4 Å². The number of nitrogens with zero attached hydrogens (tertiary/aromatic N) is 2. The van der Waals surface area contributed by atoms with Gasteiger partial charge in [0, 0.05) is 16.6 Å². The second-order valence-corrected chi connectivity index (χ2v) is 8.69. The fraction of sp³-hybridized carbons (Fsp3) is 0.0909. The molecule has 1 aromatic heterocycles. The lowest BCUT2D eigenvalue weighted by Gasteiger charge is -2.13. The maximum absolute atomic E-state index is 12.8. The molecule has 156 valence electrons. The van der Waals surface area contributed by atoms with E-state index in [4.69, 9.17) is 4.42 Å². The van der Waals surface area contributed by atoms with E-state index in [1.165, 1.54) is 17.0 Å². The number of aryl methyl sites for hydroxylation is 1. The van der Waals surface area contributed by atoms with Crippen LogP contribution in [0.1, 0.15) is 16.9 Å².